The van der Waals surface area contributed by atoms with Crippen LogP contribution in [0.1, 0.15) is 53.6 Å². The maximum absolute atomic E-state index is 12.9. The van der Waals surface area contributed by atoms with Crippen molar-refractivity contribution in [1.82, 2.24) is 24.8 Å². The molecule has 5 rings (SSSR count). The third kappa shape index (κ3) is 4.93. The van der Waals surface area contributed by atoms with Gasteiger partial charge in [0, 0.05) is 43.9 Å². The molecule has 0 bridgehead atoms. The van der Waals surface area contributed by atoms with Crippen LogP contribution in [0.5, 0.6) is 5.75 Å². The lowest BCUT2D eigenvalue weighted by Gasteiger charge is -2.32. The Bertz CT molecular complexity index is 1340. The first kappa shape index (κ1) is 23.9. The van der Waals surface area contributed by atoms with Crippen molar-refractivity contribution in [2.75, 3.05) is 19.6 Å². The number of fused-ring (bicyclic) bond motifs is 1. The van der Waals surface area contributed by atoms with Crippen LogP contribution in [0.2, 0.25) is 0 Å². The lowest BCUT2D eigenvalue weighted by molar-refractivity contribution is -0.274. The molecule has 2 saturated heterocycles. The molecule has 3 aromatic rings. The van der Waals surface area contributed by atoms with Gasteiger partial charge in [-0.15, -0.1) is 13.2 Å². The zero-order valence-electron chi connectivity index (χ0n) is 19.2. The number of ether oxygens (including phenoxy) is 1. The van der Waals surface area contributed by atoms with Gasteiger partial charge in [-0.05, 0) is 61.1 Å². The highest BCUT2D eigenvalue weighted by Gasteiger charge is 2.31. The van der Waals surface area contributed by atoms with Crippen LogP contribution in [0.25, 0.3) is 11.2 Å². The quantitative estimate of drug-likeness (QED) is 0.569. The predicted molar refractivity (Wildman–Crippen MR) is 123 cm³/mol. The van der Waals surface area contributed by atoms with E-state index >= 15 is 0 Å². The fraction of sp³-hybridized carbons (Fsp3) is 0.417. The first-order valence-electron chi connectivity index (χ1n) is 11.7. The maximum Gasteiger partial charge on any atom is 0.573 e. The number of hydrogen-bond acceptors (Lipinski definition) is 5. The normalized spacial score (nSPS) is 19.4. The fourth-order valence-electron chi connectivity index (χ4n) is 4.98. The number of carbonyl (C=O) groups is 2. The summed E-state index contributed by atoms with van der Waals surface area (Å²) >= 11 is 0. The van der Waals surface area contributed by atoms with E-state index in [-0.39, 0.29) is 35.0 Å². The van der Waals surface area contributed by atoms with Gasteiger partial charge in [-0.25, -0.2) is 9.78 Å². The first-order valence-corrected chi connectivity index (χ1v) is 11.7. The van der Waals surface area contributed by atoms with Crippen LogP contribution in [-0.2, 0) is 4.79 Å². The van der Waals surface area contributed by atoms with Gasteiger partial charge in [0.1, 0.15) is 5.75 Å². The fourth-order valence-corrected chi connectivity index (χ4v) is 4.98. The van der Waals surface area contributed by atoms with Crippen molar-refractivity contribution in [3.63, 3.8) is 0 Å². The van der Waals surface area contributed by atoms with Crippen LogP contribution >= 0.6 is 0 Å². The van der Waals surface area contributed by atoms with E-state index < -0.39 is 12.1 Å². The summed E-state index contributed by atoms with van der Waals surface area (Å²) in [4.78, 5) is 46.3. The number of nitrogens with one attached hydrogen (secondary N) is 2. The number of alkyl halides is 3. The minimum absolute atomic E-state index is 0.00244. The molecule has 190 valence electrons. The van der Waals surface area contributed by atoms with Crippen LogP contribution in [-0.4, -0.2) is 57.2 Å². The summed E-state index contributed by atoms with van der Waals surface area (Å²) in [6.45, 7) is 1.38. The van der Waals surface area contributed by atoms with E-state index in [1.807, 2.05) is 6.07 Å². The third-order valence-electron chi connectivity index (χ3n) is 6.76. The molecule has 2 aliphatic heterocycles. The standard InChI is InChI=1S/C24H24F3N5O4/c25-24(26,27)36-18-3-1-14(2-4-18)22(34)31-9-6-17(7-10-31)32-19-11-16(13-29-21(19)30-23(32)35)15-5-8-28-20(33)12-15/h1-4,11,13,15,17H,5-10,12H2,(H,28,33)(H,29,30,35). The van der Waals surface area contributed by atoms with Gasteiger partial charge in [-0.1, -0.05) is 0 Å². The molecule has 2 aliphatic rings. The molecule has 0 spiro atoms. The number of amides is 2. The number of nitrogens with zero attached hydrogens (tertiary/aromatic N) is 3. The summed E-state index contributed by atoms with van der Waals surface area (Å²) < 4.78 is 42.6. The third-order valence-corrected chi connectivity index (χ3v) is 6.76. The zero-order chi connectivity index (χ0) is 25.4. The average Bonchev–Trinajstić information content (AvgIpc) is 3.18. The van der Waals surface area contributed by atoms with Crippen molar-refractivity contribution < 1.29 is 27.5 Å². The highest BCUT2D eigenvalue weighted by molar-refractivity contribution is 5.94. The van der Waals surface area contributed by atoms with Crippen LogP contribution in [0, 0.1) is 0 Å². The van der Waals surface area contributed by atoms with Crippen LogP contribution < -0.4 is 15.7 Å². The molecule has 36 heavy (non-hydrogen) atoms. The van der Waals surface area contributed by atoms with Gasteiger partial charge in [0.05, 0.1) is 5.52 Å². The second-order valence-electron chi connectivity index (χ2n) is 9.07. The molecule has 2 N–H and O–H groups in total. The molecule has 1 aromatic carbocycles. The summed E-state index contributed by atoms with van der Waals surface area (Å²) in [7, 11) is 0. The number of piperidine rings is 2. The van der Waals surface area contributed by atoms with E-state index in [9.17, 15) is 27.6 Å². The average molecular weight is 503 g/mol. The molecular weight excluding hydrogens is 479 g/mol. The van der Waals surface area contributed by atoms with Crippen LogP contribution in [0.4, 0.5) is 13.2 Å². The van der Waals surface area contributed by atoms with Gasteiger partial charge in [-0.2, -0.15) is 0 Å². The topological polar surface area (TPSA) is 109 Å². The van der Waals surface area contributed by atoms with Gasteiger partial charge in [0.25, 0.3) is 5.91 Å². The molecule has 12 heteroatoms. The van der Waals surface area contributed by atoms with Gasteiger partial charge < -0.3 is 15.0 Å². The minimum Gasteiger partial charge on any atom is -0.406 e. The number of benzene rings is 1. The Balaban J connectivity index is 1.29. The van der Waals surface area contributed by atoms with E-state index in [0.717, 1.165) is 24.1 Å². The number of halogens is 3. The molecular formula is C24H24F3N5O4. The summed E-state index contributed by atoms with van der Waals surface area (Å²) in [6, 6.07) is 6.60. The summed E-state index contributed by atoms with van der Waals surface area (Å²) in [5.74, 6) is -0.644. The first-order chi connectivity index (χ1) is 17.2. The molecule has 9 nitrogen and oxygen atoms in total. The molecule has 0 aliphatic carbocycles. The molecule has 4 heterocycles. The second kappa shape index (κ2) is 9.32. The Morgan fingerprint density at radius 3 is 2.47 bits per heavy atom. The number of likely N-dealkylation sites (tertiary alicyclic amines) is 1. The molecule has 1 unspecified atom stereocenters. The Morgan fingerprint density at radius 2 is 1.81 bits per heavy atom. The van der Waals surface area contributed by atoms with Crippen molar-refractivity contribution in [1.29, 1.82) is 0 Å². The number of aromatic amines is 1. The Labute approximate surface area is 203 Å². The number of H-pyrrole nitrogens is 1. The van der Waals surface area contributed by atoms with Crippen molar-refractivity contribution in [2.24, 2.45) is 0 Å². The second-order valence-corrected chi connectivity index (χ2v) is 9.07. The molecule has 1 atom stereocenters. The van der Waals surface area contributed by atoms with Gasteiger partial charge in [0.2, 0.25) is 5.91 Å². The molecule has 0 radical (unpaired) electrons. The highest BCUT2D eigenvalue weighted by atomic mass is 19.4. The minimum atomic E-state index is -4.80. The van der Waals surface area contributed by atoms with E-state index in [2.05, 4.69) is 20.0 Å². The van der Waals surface area contributed by atoms with Crippen molar-refractivity contribution in [2.45, 2.75) is 44.0 Å². The molecule has 0 saturated carbocycles. The summed E-state index contributed by atoms with van der Waals surface area (Å²) in [5, 5.41) is 2.82. The number of rotatable bonds is 4. The zero-order valence-corrected chi connectivity index (χ0v) is 19.2. The van der Waals surface area contributed by atoms with Gasteiger partial charge >= 0.3 is 12.1 Å². The Kier molecular flexibility index (Phi) is 6.19. The van der Waals surface area contributed by atoms with E-state index in [4.69, 9.17) is 0 Å². The summed E-state index contributed by atoms with van der Waals surface area (Å²) in [6.07, 6.45) is -0.843. The monoisotopic (exact) mass is 503 g/mol. The van der Waals surface area contributed by atoms with E-state index in [1.165, 1.54) is 12.1 Å². The SMILES string of the molecule is O=C1CC(c2cnc3[nH]c(=O)n(C4CCN(C(=O)c5ccc(OC(F)(F)F)cc5)CC4)c3c2)CCN1. The van der Waals surface area contributed by atoms with Crippen LogP contribution in [0.3, 0.4) is 0 Å². The van der Waals surface area contributed by atoms with E-state index in [0.29, 0.717) is 50.1 Å². The predicted octanol–water partition coefficient (Wildman–Crippen LogP) is 3.09. The molecule has 2 fully saturated rings. The Hall–Kier alpha value is -3.83. The number of hydrogen-bond donors (Lipinski definition) is 2. The number of imidazole rings is 1. The lowest BCUT2D eigenvalue weighted by Crippen LogP contribution is -2.40. The number of pyridine rings is 1. The molecule has 2 amide bonds. The largest absolute Gasteiger partial charge is 0.573 e. The lowest BCUT2D eigenvalue weighted by atomic mass is 9.91. The summed E-state index contributed by atoms with van der Waals surface area (Å²) in [5.41, 5.74) is 2.05. The molecule has 2 aromatic heterocycles. The van der Waals surface area contributed by atoms with Gasteiger partial charge in [0.15, 0.2) is 5.65 Å². The maximum atomic E-state index is 12.9. The van der Waals surface area contributed by atoms with Crippen LogP contribution in [0.15, 0.2) is 41.3 Å². The smallest absolute Gasteiger partial charge is 0.406 e. The number of carbonyl (C=O) groups excluding carboxylic acids is 2. The Morgan fingerprint density at radius 1 is 1.08 bits per heavy atom. The van der Waals surface area contributed by atoms with Gasteiger partial charge in [-0.3, -0.25) is 19.1 Å². The van der Waals surface area contributed by atoms with E-state index in [1.54, 1.807) is 15.7 Å². The highest BCUT2D eigenvalue weighted by Crippen LogP contribution is 2.30. The van der Waals surface area contributed by atoms with Crippen molar-refractivity contribution in [3.05, 3.63) is 58.1 Å². The number of aromatic nitrogens is 3. The van der Waals surface area contributed by atoms with Crippen molar-refractivity contribution >= 4 is 23.0 Å². The van der Waals surface area contributed by atoms with Crippen molar-refractivity contribution in [3.8, 4) is 5.75 Å².